The second kappa shape index (κ2) is 11.0. The third-order valence-corrected chi connectivity index (χ3v) is 6.12. The van der Waals surface area contributed by atoms with Crippen LogP contribution in [0.3, 0.4) is 0 Å². The van der Waals surface area contributed by atoms with Crippen molar-refractivity contribution in [3.63, 3.8) is 0 Å². The fraction of sp³-hybridized carbons (Fsp3) is 0.360. The second-order valence-electron chi connectivity index (χ2n) is 8.53. The number of nitrogens with one attached hydrogen (secondary N) is 2. The lowest BCUT2D eigenvalue weighted by molar-refractivity contribution is -0.117. The third-order valence-electron chi connectivity index (χ3n) is 6.12. The molecule has 2 fully saturated rings. The van der Waals surface area contributed by atoms with Crippen molar-refractivity contribution in [2.24, 2.45) is 5.73 Å². The van der Waals surface area contributed by atoms with Crippen molar-refractivity contribution in [1.82, 2.24) is 15.2 Å². The molecule has 0 saturated carbocycles. The number of morpholine rings is 1. The number of nitrogens with two attached hydrogens (primary N) is 1. The van der Waals surface area contributed by atoms with Crippen LogP contribution in [0.25, 0.3) is 0 Å². The van der Waals surface area contributed by atoms with Gasteiger partial charge in [-0.25, -0.2) is 4.98 Å². The van der Waals surface area contributed by atoms with Crippen LogP contribution in [0.1, 0.15) is 33.6 Å². The van der Waals surface area contributed by atoms with Gasteiger partial charge in [0.25, 0.3) is 11.8 Å². The lowest BCUT2D eigenvalue weighted by atomic mass is 10.1. The normalized spacial score (nSPS) is 18.0. The number of carbonyl (C=O) groups excluding carboxylic acids is 3. The van der Waals surface area contributed by atoms with E-state index in [2.05, 4.69) is 27.1 Å². The summed E-state index contributed by atoms with van der Waals surface area (Å²) >= 11 is 0. The van der Waals surface area contributed by atoms with E-state index in [4.69, 9.17) is 10.5 Å². The van der Waals surface area contributed by atoms with Gasteiger partial charge in [0.1, 0.15) is 11.6 Å². The molecule has 3 amide bonds. The molecule has 35 heavy (non-hydrogen) atoms. The molecule has 2 saturated heterocycles. The Morgan fingerprint density at radius 1 is 1.09 bits per heavy atom. The molecule has 10 nitrogen and oxygen atoms in total. The number of nitrogens with zero attached hydrogens (tertiary/aromatic N) is 3. The molecule has 3 heterocycles. The number of hydrogen-bond acceptors (Lipinski definition) is 7. The number of benzene rings is 1. The molecule has 1 aromatic heterocycles. The van der Waals surface area contributed by atoms with Crippen molar-refractivity contribution in [3.8, 4) is 0 Å². The highest BCUT2D eigenvalue weighted by Crippen LogP contribution is 2.25. The lowest BCUT2D eigenvalue weighted by Gasteiger charge is -2.34. The van der Waals surface area contributed by atoms with Crippen LogP contribution < -0.4 is 21.3 Å². The summed E-state index contributed by atoms with van der Waals surface area (Å²) in [6.07, 6.45) is 3.03. The number of rotatable bonds is 7. The minimum absolute atomic E-state index is 0.0141. The molecule has 4 N–H and O–H groups in total. The molecule has 2 aliphatic rings. The van der Waals surface area contributed by atoms with Crippen molar-refractivity contribution >= 4 is 35.0 Å². The zero-order valence-corrected chi connectivity index (χ0v) is 19.5. The Kier molecular flexibility index (Phi) is 7.61. The Bertz CT molecular complexity index is 1100. The van der Waals surface area contributed by atoms with Gasteiger partial charge in [0.15, 0.2) is 0 Å². The summed E-state index contributed by atoms with van der Waals surface area (Å²) in [5, 5.41) is 6.10. The molecule has 1 atom stereocenters. The Hall–Kier alpha value is -3.92. The molecule has 4 rings (SSSR count). The topological polar surface area (TPSA) is 130 Å². The quantitative estimate of drug-likeness (QED) is 0.516. The van der Waals surface area contributed by atoms with E-state index in [1.807, 2.05) is 0 Å². The fourth-order valence-corrected chi connectivity index (χ4v) is 4.26. The molecule has 10 heteroatoms. The molecule has 1 aromatic carbocycles. The Morgan fingerprint density at radius 3 is 2.51 bits per heavy atom. The smallest absolute Gasteiger partial charge is 0.254 e. The van der Waals surface area contributed by atoms with Crippen LogP contribution in [-0.2, 0) is 9.53 Å². The first-order chi connectivity index (χ1) is 16.9. The van der Waals surface area contributed by atoms with E-state index in [-0.39, 0.29) is 23.4 Å². The maximum atomic E-state index is 12.7. The van der Waals surface area contributed by atoms with Crippen molar-refractivity contribution < 1.29 is 19.1 Å². The third kappa shape index (κ3) is 5.96. The second-order valence-corrected chi connectivity index (χ2v) is 8.53. The summed E-state index contributed by atoms with van der Waals surface area (Å²) in [4.78, 5) is 44.9. The van der Waals surface area contributed by atoms with E-state index in [0.29, 0.717) is 55.7 Å². The summed E-state index contributed by atoms with van der Waals surface area (Å²) in [5.74, 6) is 0.168. The summed E-state index contributed by atoms with van der Waals surface area (Å²) in [6.45, 7) is 7.12. The predicted octanol–water partition coefficient (Wildman–Crippen LogP) is 1.67. The van der Waals surface area contributed by atoms with Crippen molar-refractivity contribution in [1.29, 1.82) is 0 Å². The molecular weight excluding hydrogens is 448 g/mol. The molecule has 1 unspecified atom stereocenters. The summed E-state index contributed by atoms with van der Waals surface area (Å²) in [5.41, 5.74) is 7.10. The molecule has 2 aromatic rings. The average molecular weight is 479 g/mol. The molecule has 0 aliphatic carbocycles. The van der Waals surface area contributed by atoms with Gasteiger partial charge in [-0.05, 0) is 55.3 Å². The molecule has 2 aliphatic heterocycles. The van der Waals surface area contributed by atoms with Crippen molar-refractivity contribution in [3.05, 3.63) is 60.2 Å². The first kappa shape index (κ1) is 24.2. The van der Waals surface area contributed by atoms with Crippen LogP contribution in [0, 0.1) is 0 Å². The molecule has 184 valence electrons. The number of anilines is 3. The molecule has 0 spiro atoms. The van der Waals surface area contributed by atoms with Crippen LogP contribution in [0.15, 0.2) is 49.1 Å². The number of aromatic nitrogens is 1. The first-order valence-corrected chi connectivity index (χ1v) is 11.7. The van der Waals surface area contributed by atoms with Gasteiger partial charge in [0, 0.05) is 43.5 Å². The predicted molar refractivity (Wildman–Crippen MR) is 133 cm³/mol. The van der Waals surface area contributed by atoms with Crippen LogP contribution in [-0.4, -0.2) is 73.0 Å². The number of amides is 3. The standard InChI is InChI=1S/C25H30N6O4/c1-2-22(32)27-19-4-3-11-31(16-19)21-10-9-20(23(26)33)24(29-21)28-18-7-5-17(6-8-18)25(34)30-12-14-35-15-13-30/h2,5-10,19H,1,3-4,11-16H2,(H2,26,33)(H,27,32)(H,28,29). The van der Waals surface area contributed by atoms with Crippen LogP contribution in [0.2, 0.25) is 0 Å². The summed E-state index contributed by atoms with van der Waals surface area (Å²) < 4.78 is 5.31. The first-order valence-electron chi connectivity index (χ1n) is 11.7. The number of pyridine rings is 1. The monoisotopic (exact) mass is 478 g/mol. The van der Waals surface area contributed by atoms with Gasteiger partial charge < -0.3 is 30.9 Å². The van der Waals surface area contributed by atoms with Gasteiger partial charge in [-0.1, -0.05) is 6.58 Å². The van der Waals surface area contributed by atoms with Crippen molar-refractivity contribution in [2.75, 3.05) is 49.6 Å². The number of primary amides is 1. The minimum atomic E-state index is -0.597. The maximum absolute atomic E-state index is 12.7. The van der Waals surface area contributed by atoms with Crippen LogP contribution >= 0.6 is 0 Å². The minimum Gasteiger partial charge on any atom is -0.378 e. The number of carbonyl (C=O) groups is 3. The molecular formula is C25H30N6O4. The maximum Gasteiger partial charge on any atom is 0.254 e. The molecule has 0 radical (unpaired) electrons. The number of piperidine rings is 1. The summed E-state index contributed by atoms with van der Waals surface area (Å²) in [6, 6.07) is 10.4. The Labute approximate surface area is 204 Å². The SMILES string of the molecule is C=CC(=O)NC1CCCN(c2ccc(C(N)=O)c(Nc3ccc(C(=O)N4CCOCC4)cc3)n2)C1. The van der Waals surface area contributed by atoms with E-state index >= 15 is 0 Å². The zero-order chi connectivity index (χ0) is 24.8. The molecule has 0 bridgehead atoms. The van der Waals surface area contributed by atoms with E-state index in [0.717, 1.165) is 19.4 Å². The van der Waals surface area contributed by atoms with Crippen LogP contribution in [0.5, 0.6) is 0 Å². The highest BCUT2D eigenvalue weighted by atomic mass is 16.5. The van der Waals surface area contributed by atoms with E-state index in [9.17, 15) is 14.4 Å². The lowest BCUT2D eigenvalue weighted by Crippen LogP contribution is -2.47. The van der Waals surface area contributed by atoms with E-state index in [1.54, 1.807) is 41.3 Å². The van der Waals surface area contributed by atoms with Gasteiger partial charge in [-0.2, -0.15) is 0 Å². The summed E-state index contributed by atoms with van der Waals surface area (Å²) in [7, 11) is 0. The Balaban J connectivity index is 1.50. The van der Waals surface area contributed by atoms with Gasteiger partial charge in [0.2, 0.25) is 5.91 Å². The van der Waals surface area contributed by atoms with E-state index in [1.165, 1.54) is 6.08 Å². The average Bonchev–Trinajstić information content (AvgIpc) is 2.89. The van der Waals surface area contributed by atoms with Gasteiger partial charge >= 0.3 is 0 Å². The number of ether oxygens (including phenoxy) is 1. The van der Waals surface area contributed by atoms with Gasteiger partial charge in [-0.3, -0.25) is 14.4 Å². The van der Waals surface area contributed by atoms with Gasteiger partial charge in [0.05, 0.1) is 18.8 Å². The largest absolute Gasteiger partial charge is 0.378 e. The van der Waals surface area contributed by atoms with Crippen LogP contribution in [0.4, 0.5) is 17.3 Å². The van der Waals surface area contributed by atoms with Crippen molar-refractivity contribution in [2.45, 2.75) is 18.9 Å². The van der Waals surface area contributed by atoms with Gasteiger partial charge in [-0.15, -0.1) is 0 Å². The van der Waals surface area contributed by atoms with E-state index < -0.39 is 5.91 Å². The Morgan fingerprint density at radius 2 is 1.83 bits per heavy atom. The number of hydrogen-bond donors (Lipinski definition) is 3. The zero-order valence-electron chi connectivity index (χ0n) is 19.5. The highest BCUT2D eigenvalue weighted by molar-refractivity contribution is 5.99. The fourth-order valence-electron chi connectivity index (χ4n) is 4.26. The highest BCUT2D eigenvalue weighted by Gasteiger charge is 2.23.